The average molecular weight is 357 g/mol. The molecule has 1 fully saturated rings. The van der Waals surface area contributed by atoms with Crippen LogP contribution in [0, 0.1) is 0 Å². The van der Waals surface area contributed by atoms with E-state index in [0.717, 1.165) is 30.4 Å². The van der Waals surface area contributed by atoms with Gasteiger partial charge in [-0.3, -0.25) is 9.69 Å². The molecular formula is C15H17ClN2O2S2. The Morgan fingerprint density at radius 1 is 1.36 bits per heavy atom. The first-order chi connectivity index (χ1) is 10.7. The van der Waals surface area contributed by atoms with E-state index in [9.17, 15) is 4.79 Å². The number of thioether (sulfide) groups is 1. The monoisotopic (exact) mass is 356 g/mol. The van der Waals surface area contributed by atoms with Gasteiger partial charge in [0, 0.05) is 31.1 Å². The first-order valence-corrected chi connectivity index (χ1v) is 9.47. The summed E-state index contributed by atoms with van der Waals surface area (Å²) >= 11 is 9.14. The first kappa shape index (κ1) is 15.9. The average Bonchev–Trinajstić information content (AvgIpc) is 3.20. The highest BCUT2D eigenvalue weighted by atomic mass is 35.5. The topological polar surface area (TPSA) is 45.5 Å². The fourth-order valence-corrected chi connectivity index (χ4v) is 4.38. The Kier molecular flexibility index (Phi) is 5.46. The predicted molar refractivity (Wildman–Crippen MR) is 92.0 cm³/mol. The summed E-state index contributed by atoms with van der Waals surface area (Å²) in [6, 6.07) is 7.44. The van der Waals surface area contributed by atoms with Gasteiger partial charge in [0.2, 0.25) is 0 Å². The number of carbonyl (C=O) groups is 1. The number of amides is 1. The van der Waals surface area contributed by atoms with Crippen molar-refractivity contribution in [2.75, 3.05) is 31.1 Å². The second-order valence-corrected chi connectivity index (χ2v) is 7.93. The maximum absolute atomic E-state index is 12.2. The van der Waals surface area contributed by atoms with Crippen LogP contribution in [-0.2, 0) is 0 Å². The predicted octanol–water partition coefficient (Wildman–Crippen LogP) is 3.51. The molecule has 0 aliphatic carbocycles. The van der Waals surface area contributed by atoms with Crippen molar-refractivity contribution >= 4 is 40.6 Å². The van der Waals surface area contributed by atoms with Crippen LogP contribution in [0.5, 0.6) is 0 Å². The van der Waals surface area contributed by atoms with Crippen LogP contribution < -0.4 is 5.32 Å². The molecule has 4 nitrogen and oxygen atoms in total. The van der Waals surface area contributed by atoms with Crippen LogP contribution in [0.1, 0.15) is 21.5 Å². The van der Waals surface area contributed by atoms with Crippen molar-refractivity contribution in [3.8, 4) is 0 Å². The highest BCUT2D eigenvalue weighted by Crippen LogP contribution is 2.25. The lowest BCUT2D eigenvalue weighted by molar-refractivity contribution is 0.0933. The zero-order chi connectivity index (χ0) is 15.4. The number of hydrogen-bond acceptors (Lipinski definition) is 5. The second-order valence-electron chi connectivity index (χ2n) is 4.99. The molecule has 0 radical (unpaired) electrons. The van der Waals surface area contributed by atoms with E-state index >= 15 is 0 Å². The molecule has 3 heterocycles. The zero-order valence-electron chi connectivity index (χ0n) is 12.0. The molecule has 1 aliphatic heterocycles. The molecule has 0 aromatic carbocycles. The second kappa shape index (κ2) is 7.55. The van der Waals surface area contributed by atoms with Crippen LogP contribution >= 0.6 is 34.7 Å². The van der Waals surface area contributed by atoms with Crippen LogP contribution in [0.2, 0.25) is 4.34 Å². The van der Waals surface area contributed by atoms with Crippen molar-refractivity contribution in [3.05, 3.63) is 45.5 Å². The number of nitrogens with zero attached hydrogens (tertiary/aromatic N) is 1. The summed E-state index contributed by atoms with van der Waals surface area (Å²) in [6.45, 7) is 2.56. The minimum Gasteiger partial charge on any atom is -0.468 e. The molecule has 22 heavy (non-hydrogen) atoms. The smallest absolute Gasteiger partial charge is 0.261 e. The Hall–Kier alpha value is -0.950. The fraction of sp³-hybridized carbons (Fsp3) is 0.400. The summed E-state index contributed by atoms with van der Waals surface area (Å²) < 4.78 is 6.20. The highest BCUT2D eigenvalue weighted by molar-refractivity contribution is 7.99. The molecule has 3 rings (SSSR count). The molecule has 1 saturated heterocycles. The number of thiophene rings is 1. The van der Waals surface area contributed by atoms with Crippen molar-refractivity contribution < 1.29 is 9.21 Å². The van der Waals surface area contributed by atoms with Gasteiger partial charge in [0.25, 0.3) is 5.91 Å². The third-order valence-electron chi connectivity index (χ3n) is 3.61. The van der Waals surface area contributed by atoms with Gasteiger partial charge in [-0.1, -0.05) is 11.6 Å². The van der Waals surface area contributed by atoms with Crippen molar-refractivity contribution in [3.63, 3.8) is 0 Å². The van der Waals surface area contributed by atoms with Crippen molar-refractivity contribution in [2.24, 2.45) is 0 Å². The standard InChI is InChI=1S/C15H17ClN2O2S2/c16-14-4-3-13(22-14)15(19)17-10-11(12-2-1-7-20-12)18-5-8-21-9-6-18/h1-4,7,11H,5-6,8-10H2,(H,17,19). The Labute approximate surface area is 142 Å². The number of nitrogens with one attached hydrogen (secondary N) is 1. The van der Waals surface area contributed by atoms with E-state index in [0.29, 0.717) is 15.8 Å². The third kappa shape index (κ3) is 3.87. The summed E-state index contributed by atoms with van der Waals surface area (Å²) in [5.74, 6) is 3.05. The van der Waals surface area contributed by atoms with Crippen LogP contribution in [-0.4, -0.2) is 41.9 Å². The van der Waals surface area contributed by atoms with Crippen LogP contribution in [0.4, 0.5) is 0 Å². The van der Waals surface area contributed by atoms with Crippen molar-refractivity contribution in [1.29, 1.82) is 0 Å². The maximum Gasteiger partial charge on any atom is 0.261 e. The third-order valence-corrected chi connectivity index (χ3v) is 5.78. The van der Waals surface area contributed by atoms with E-state index in [1.165, 1.54) is 11.3 Å². The van der Waals surface area contributed by atoms with Gasteiger partial charge in [0.15, 0.2) is 0 Å². The molecule has 0 bridgehead atoms. The summed E-state index contributed by atoms with van der Waals surface area (Å²) in [4.78, 5) is 15.2. The number of carbonyl (C=O) groups excluding carboxylic acids is 1. The van der Waals surface area contributed by atoms with Crippen LogP contribution in [0.3, 0.4) is 0 Å². The highest BCUT2D eigenvalue weighted by Gasteiger charge is 2.25. The van der Waals surface area contributed by atoms with Crippen LogP contribution in [0.15, 0.2) is 34.9 Å². The lowest BCUT2D eigenvalue weighted by atomic mass is 10.2. The maximum atomic E-state index is 12.2. The normalized spacial score (nSPS) is 17.3. The van der Waals surface area contributed by atoms with E-state index in [1.807, 2.05) is 23.9 Å². The van der Waals surface area contributed by atoms with Gasteiger partial charge in [-0.05, 0) is 24.3 Å². The molecule has 2 aromatic heterocycles. The van der Waals surface area contributed by atoms with E-state index in [4.69, 9.17) is 16.0 Å². The number of hydrogen-bond donors (Lipinski definition) is 1. The summed E-state index contributed by atoms with van der Waals surface area (Å²) in [7, 11) is 0. The minimum absolute atomic E-state index is 0.0790. The first-order valence-electron chi connectivity index (χ1n) is 7.13. The van der Waals surface area contributed by atoms with Crippen molar-refractivity contribution in [2.45, 2.75) is 6.04 Å². The largest absolute Gasteiger partial charge is 0.468 e. The molecule has 2 aromatic rings. The van der Waals surface area contributed by atoms with Gasteiger partial charge in [0.05, 0.1) is 21.5 Å². The number of furan rings is 1. The molecular weight excluding hydrogens is 340 g/mol. The molecule has 0 saturated carbocycles. The van der Waals surface area contributed by atoms with Crippen molar-refractivity contribution in [1.82, 2.24) is 10.2 Å². The van der Waals surface area contributed by atoms with Gasteiger partial charge >= 0.3 is 0 Å². The van der Waals surface area contributed by atoms with E-state index in [2.05, 4.69) is 10.2 Å². The van der Waals surface area contributed by atoms with Gasteiger partial charge in [-0.25, -0.2) is 0 Å². The molecule has 7 heteroatoms. The zero-order valence-corrected chi connectivity index (χ0v) is 14.3. The summed E-state index contributed by atoms with van der Waals surface area (Å²) in [6.07, 6.45) is 1.68. The molecule has 0 spiro atoms. The molecule has 1 amide bonds. The summed E-state index contributed by atoms with van der Waals surface area (Å²) in [5, 5.41) is 3.00. The SMILES string of the molecule is O=C(NCC(c1ccco1)N1CCSCC1)c1ccc(Cl)s1. The Morgan fingerprint density at radius 3 is 2.82 bits per heavy atom. The number of rotatable bonds is 5. The summed E-state index contributed by atoms with van der Waals surface area (Å²) in [5.41, 5.74) is 0. The number of halogens is 1. The lowest BCUT2D eigenvalue weighted by Gasteiger charge is -2.33. The quantitative estimate of drug-likeness (QED) is 0.890. The van der Waals surface area contributed by atoms with Crippen LogP contribution in [0.25, 0.3) is 0 Å². The molecule has 118 valence electrons. The fourth-order valence-electron chi connectivity index (χ4n) is 2.49. The Balaban J connectivity index is 1.66. The molecule has 1 atom stereocenters. The molecule has 1 unspecified atom stereocenters. The minimum atomic E-state index is -0.0835. The Morgan fingerprint density at radius 2 is 2.18 bits per heavy atom. The van der Waals surface area contributed by atoms with E-state index < -0.39 is 0 Å². The lowest BCUT2D eigenvalue weighted by Crippen LogP contribution is -2.41. The molecule has 1 N–H and O–H groups in total. The van der Waals surface area contributed by atoms with Gasteiger partial charge < -0.3 is 9.73 Å². The van der Waals surface area contributed by atoms with Gasteiger partial charge in [-0.15, -0.1) is 11.3 Å². The van der Waals surface area contributed by atoms with Gasteiger partial charge in [-0.2, -0.15) is 11.8 Å². The van der Waals surface area contributed by atoms with E-state index in [-0.39, 0.29) is 11.9 Å². The van der Waals surface area contributed by atoms with E-state index in [1.54, 1.807) is 18.4 Å². The molecule has 1 aliphatic rings. The van der Waals surface area contributed by atoms with Gasteiger partial charge in [0.1, 0.15) is 5.76 Å². The Bertz CT molecular complexity index is 609.